The van der Waals surface area contributed by atoms with E-state index in [0.717, 1.165) is 19.4 Å². The summed E-state index contributed by atoms with van der Waals surface area (Å²) in [6, 6.07) is 0. The smallest absolute Gasteiger partial charge is 0.195 e. The first kappa shape index (κ1) is 11.7. The second-order valence-corrected chi connectivity index (χ2v) is 7.77. The molecule has 2 fully saturated rings. The van der Waals surface area contributed by atoms with Crippen molar-refractivity contribution < 1.29 is 8.42 Å². The molecule has 0 aromatic carbocycles. The summed E-state index contributed by atoms with van der Waals surface area (Å²) < 4.78 is 27.5. The Hall–Kier alpha value is -0.390. The topological polar surface area (TPSA) is 40.4 Å². The van der Waals surface area contributed by atoms with E-state index < -0.39 is 10.2 Å². The van der Waals surface area contributed by atoms with E-state index in [1.54, 1.807) is 18.4 Å². The molecule has 2 aliphatic carbocycles. The van der Waals surface area contributed by atoms with Gasteiger partial charge in [-0.1, -0.05) is 12.2 Å². The highest BCUT2D eigenvalue weighted by molar-refractivity contribution is 7.87. The van der Waals surface area contributed by atoms with E-state index in [0.29, 0.717) is 11.8 Å². The van der Waals surface area contributed by atoms with Crippen molar-refractivity contribution in [1.29, 1.82) is 0 Å². The van der Waals surface area contributed by atoms with Crippen molar-refractivity contribution in [1.82, 2.24) is 8.61 Å². The van der Waals surface area contributed by atoms with Crippen molar-refractivity contribution in [2.75, 3.05) is 20.6 Å². The Morgan fingerprint density at radius 2 is 1.71 bits per heavy atom. The fraction of sp³-hybridized carbons (Fsp3) is 0.833. The van der Waals surface area contributed by atoms with Gasteiger partial charge in [-0.2, -0.15) is 17.0 Å². The van der Waals surface area contributed by atoms with Gasteiger partial charge in [0.1, 0.15) is 0 Å². The van der Waals surface area contributed by atoms with Gasteiger partial charge in [0, 0.05) is 20.6 Å². The Labute approximate surface area is 103 Å². The third-order valence-electron chi connectivity index (χ3n) is 4.78. The van der Waals surface area contributed by atoms with Crippen LogP contribution in [0.3, 0.4) is 0 Å². The van der Waals surface area contributed by atoms with Crippen LogP contribution in [0.15, 0.2) is 12.2 Å². The van der Waals surface area contributed by atoms with E-state index in [4.69, 9.17) is 0 Å². The molecule has 1 heterocycles. The summed E-state index contributed by atoms with van der Waals surface area (Å²) >= 11 is 0. The van der Waals surface area contributed by atoms with E-state index >= 15 is 0 Å². The van der Waals surface area contributed by atoms with Crippen LogP contribution in [0, 0.1) is 11.8 Å². The molecule has 0 amide bonds. The van der Waals surface area contributed by atoms with Gasteiger partial charge in [-0.3, -0.25) is 0 Å². The number of allylic oxidation sites excluding steroid dienone is 2. The maximum Gasteiger partial charge on any atom is 0.282 e. The Balaban J connectivity index is 1.92. The highest BCUT2D eigenvalue weighted by atomic mass is 32.2. The zero-order chi connectivity index (χ0) is 12.3. The van der Waals surface area contributed by atoms with Crippen molar-refractivity contribution in [2.24, 2.45) is 11.8 Å². The maximum absolute atomic E-state index is 12.2. The fourth-order valence-electron chi connectivity index (χ4n) is 3.75. The van der Waals surface area contributed by atoms with Crippen LogP contribution < -0.4 is 0 Å². The summed E-state index contributed by atoms with van der Waals surface area (Å²) in [5.74, 6) is 1.09. The molecule has 4 atom stereocenters. The van der Waals surface area contributed by atoms with Gasteiger partial charge in [0.15, 0.2) is 0 Å². The average Bonchev–Trinajstić information content (AvgIpc) is 2.88. The third kappa shape index (κ3) is 1.45. The zero-order valence-electron chi connectivity index (χ0n) is 10.5. The van der Waals surface area contributed by atoms with Gasteiger partial charge in [-0.15, -0.1) is 0 Å². The molecule has 3 aliphatic rings. The molecule has 2 bridgehead atoms. The molecule has 1 saturated heterocycles. The number of rotatable bonds is 2. The first-order valence-electron chi connectivity index (χ1n) is 6.35. The zero-order valence-corrected chi connectivity index (χ0v) is 11.3. The highest BCUT2D eigenvalue weighted by Gasteiger charge is 2.68. The monoisotopic (exact) mass is 256 g/mol. The minimum Gasteiger partial charge on any atom is -0.195 e. The van der Waals surface area contributed by atoms with Crippen molar-refractivity contribution in [3.8, 4) is 0 Å². The molecule has 17 heavy (non-hydrogen) atoms. The predicted octanol–water partition coefficient (Wildman–Crippen LogP) is 1.22. The van der Waals surface area contributed by atoms with Gasteiger partial charge in [0.25, 0.3) is 10.2 Å². The van der Waals surface area contributed by atoms with Gasteiger partial charge in [-0.05, 0) is 37.5 Å². The minimum atomic E-state index is -3.21. The molecule has 3 rings (SSSR count). The third-order valence-corrected chi connectivity index (χ3v) is 6.73. The molecule has 1 saturated carbocycles. The minimum absolute atomic E-state index is 0.0351. The van der Waals surface area contributed by atoms with Crippen molar-refractivity contribution in [3.63, 3.8) is 0 Å². The summed E-state index contributed by atoms with van der Waals surface area (Å²) in [4.78, 5) is 0. The van der Waals surface area contributed by atoms with Gasteiger partial charge in [-0.25, -0.2) is 0 Å². The van der Waals surface area contributed by atoms with Crippen LogP contribution >= 0.6 is 0 Å². The summed E-state index contributed by atoms with van der Waals surface area (Å²) in [5.41, 5.74) is -0.0351. The Kier molecular flexibility index (Phi) is 2.44. The molecule has 1 spiro atoms. The average molecular weight is 256 g/mol. The summed E-state index contributed by atoms with van der Waals surface area (Å²) in [7, 11) is 0.0316. The van der Waals surface area contributed by atoms with Crippen LogP contribution in [0.25, 0.3) is 0 Å². The van der Waals surface area contributed by atoms with Crippen LogP contribution in [0.5, 0.6) is 0 Å². The number of hydrogen-bond donors (Lipinski definition) is 0. The number of hydrogen-bond acceptors (Lipinski definition) is 2. The molecular weight excluding hydrogens is 236 g/mol. The molecule has 0 N–H and O–H groups in total. The van der Waals surface area contributed by atoms with Gasteiger partial charge >= 0.3 is 0 Å². The van der Waals surface area contributed by atoms with E-state index in [1.165, 1.54) is 17.1 Å². The lowest BCUT2D eigenvalue weighted by atomic mass is 9.88. The summed E-state index contributed by atoms with van der Waals surface area (Å²) in [6.45, 7) is 0.741. The molecule has 96 valence electrons. The molecule has 1 aliphatic heterocycles. The number of nitrogens with zero attached hydrogens (tertiary/aromatic N) is 2. The van der Waals surface area contributed by atoms with Crippen LogP contribution in [-0.4, -0.2) is 43.2 Å². The van der Waals surface area contributed by atoms with Crippen molar-refractivity contribution >= 4 is 10.2 Å². The van der Waals surface area contributed by atoms with E-state index in [2.05, 4.69) is 12.2 Å². The van der Waals surface area contributed by atoms with Crippen molar-refractivity contribution in [2.45, 2.75) is 31.2 Å². The predicted molar refractivity (Wildman–Crippen MR) is 66.6 cm³/mol. The Morgan fingerprint density at radius 3 is 2.18 bits per heavy atom. The molecule has 0 aromatic heterocycles. The lowest BCUT2D eigenvalue weighted by Gasteiger charge is -2.24. The van der Waals surface area contributed by atoms with Crippen LogP contribution in [0.4, 0.5) is 0 Å². The van der Waals surface area contributed by atoms with Crippen LogP contribution in [0.1, 0.15) is 25.7 Å². The second-order valence-electron chi connectivity index (χ2n) is 5.70. The Bertz CT molecular complexity index is 439. The first-order valence-corrected chi connectivity index (χ1v) is 7.74. The second kappa shape index (κ2) is 3.56. The fourth-order valence-corrected chi connectivity index (χ4v) is 5.25. The molecule has 2 unspecified atom stereocenters. The van der Waals surface area contributed by atoms with E-state index in [-0.39, 0.29) is 5.54 Å². The summed E-state index contributed by atoms with van der Waals surface area (Å²) in [5, 5.41) is 0. The molecule has 4 nitrogen and oxygen atoms in total. The van der Waals surface area contributed by atoms with Gasteiger partial charge in [0.05, 0.1) is 5.54 Å². The highest BCUT2D eigenvalue weighted by Crippen LogP contribution is 2.59. The van der Waals surface area contributed by atoms with Gasteiger partial charge in [0.2, 0.25) is 0 Å². The van der Waals surface area contributed by atoms with E-state index in [9.17, 15) is 8.42 Å². The molecule has 0 radical (unpaired) electrons. The van der Waals surface area contributed by atoms with Crippen LogP contribution in [0.2, 0.25) is 0 Å². The molecular formula is C12H20N2O2S. The maximum atomic E-state index is 12.2. The van der Waals surface area contributed by atoms with E-state index in [1.807, 2.05) is 0 Å². The summed E-state index contributed by atoms with van der Waals surface area (Å²) in [6.07, 6.45) is 8.96. The van der Waals surface area contributed by atoms with Crippen LogP contribution in [-0.2, 0) is 10.2 Å². The SMILES string of the molecule is CN(C)S(=O)(=O)N1CC12[C@@H]1CC=CC[C@H]2CC1. The van der Waals surface area contributed by atoms with Gasteiger partial charge < -0.3 is 0 Å². The lowest BCUT2D eigenvalue weighted by Crippen LogP contribution is -2.37. The molecule has 5 heteroatoms. The van der Waals surface area contributed by atoms with Crippen molar-refractivity contribution in [3.05, 3.63) is 12.2 Å². The molecule has 0 aromatic rings. The lowest BCUT2D eigenvalue weighted by molar-refractivity contribution is 0.325. The Morgan fingerprint density at radius 1 is 1.18 bits per heavy atom. The normalized spacial score (nSPS) is 44.3. The standard InChI is InChI=1S/C12H20N2O2S/c1-13(2)17(15,16)14-9-12(14)10-5-3-4-6-11(12)8-7-10/h3-4,10-11H,5-9H2,1-2H3/t10-,11+,12?,14?. The largest absolute Gasteiger partial charge is 0.282 e. The quantitative estimate of drug-likeness (QED) is 0.550. The first-order chi connectivity index (χ1) is 7.99.